The molecule has 0 aliphatic carbocycles. The molecule has 0 amide bonds. The van der Waals surface area contributed by atoms with E-state index in [-0.39, 0.29) is 87.9 Å². The zero-order chi connectivity index (χ0) is 42.5. The molecule has 1 N–H and O–H groups in total. The zero-order valence-corrected chi connectivity index (χ0v) is 32.8. The number of fused-ring (bicyclic) bond motifs is 7. The molecule has 0 saturated carbocycles. The Balaban J connectivity index is 1.15. The molecule has 61 heavy (non-hydrogen) atoms. The van der Waals surface area contributed by atoms with E-state index in [4.69, 9.17) is 25.1 Å². The van der Waals surface area contributed by atoms with Crippen molar-refractivity contribution in [3.8, 4) is 41.0 Å². The van der Waals surface area contributed by atoms with Gasteiger partial charge in [0.05, 0.1) is 38.4 Å². The van der Waals surface area contributed by atoms with Crippen LogP contribution in [-0.2, 0) is 10.1 Å². The van der Waals surface area contributed by atoms with Crippen LogP contribution in [0.4, 0.5) is 30.4 Å². The van der Waals surface area contributed by atoms with Crippen molar-refractivity contribution in [1.29, 1.82) is 0 Å². The second-order valence-electron chi connectivity index (χ2n) is 16.1. The lowest BCUT2D eigenvalue weighted by molar-refractivity contribution is -0.396. The summed E-state index contributed by atoms with van der Waals surface area (Å²) in [5.41, 5.74) is -3.31. The Morgan fingerprint density at radius 2 is 1.87 bits per heavy atom. The molecule has 4 saturated heterocycles. The average molecular weight is 858 g/mol. The zero-order valence-electron chi connectivity index (χ0n) is 32.0. The van der Waals surface area contributed by atoms with Crippen molar-refractivity contribution >= 4 is 49.0 Å². The van der Waals surface area contributed by atoms with Gasteiger partial charge < -0.3 is 23.9 Å². The van der Waals surface area contributed by atoms with E-state index in [0.717, 1.165) is 44.0 Å². The predicted molar refractivity (Wildman–Crippen MR) is 213 cm³/mol. The molecule has 2 bridgehead atoms. The van der Waals surface area contributed by atoms with Crippen molar-refractivity contribution in [3.05, 3.63) is 86.0 Å². The fraction of sp³-hybridized carbons (Fsp3) is 0.366. The topological polar surface area (TPSA) is 192 Å². The lowest BCUT2D eigenvalue weighted by atomic mass is 9.92. The molecule has 4 aromatic carbocycles. The number of hydrogen-bond acceptors (Lipinski definition) is 14. The monoisotopic (exact) mass is 857 g/mol. The Bertz CT molecular complexity index is 2900. The van der Waals surface area contributed by atoms with Gasteiger partial charge in [-0.3, -0.25) is 25.1 Å². The maximum absolute atomic E-state index is 17.7. The summed E-state index contributed by atoms with van der Waals surface area (Å²) in [6.07, 6.45) is 8.44. The molecular formula is C41H34F3N7O9S. The normalized spacial score (nSPS) is 24.2. The molecule has 5 aromatic rings. The number of nitrogens with one attached hydrogen (secondary N) is 1. The summed E-state index contributed by atoms with van der Waals surface area (Å²) in [6, 6.07) is 7.70. The molecule has 6 heterocycles. The Morgan fingerprint density at radius 3 is 2.66 bits per heavy atom. The number of ether oxygens (including phenoxy) is 2. The van der Waals surface area contributed by atoms with Gasteiger partial charge in [0.1, 0.15) is 48.0 Å². The van der Waals surface area contributed by atoms with Gasteiger partial charge in [-0.1, -0.05) is 12.0 Å². The van der Waals surface area contributed by atoms with E-state index < -0.39 is 65.3 Å². The van der Waals surface area contributed by atoms with Crippen LogP contribution >= 0.6 is 0 Å². The van der Waals surface area contributed by atoms with Gasteiger partial charge in [0.15, 0.2) is 10.7 Å². The molecule has 5 atom stereocenters. The number of terminal acetylenes is 1. The first-order valence-electron chi connectivity index (χ1n) is 19.6. The molecule has 20 heteroatoms. The van der Waals surface area contributed by atoms with E-state index in [1.165, 1.54) is 18.2 Å². The standard InChI is InChI=1S/C41H34F3N7O9S/c1-2-26-29(43)7-4-21-12-25(60-61(56,57)34-9-6-24(50(52)53)13-31(34)51(54)55)14-27(35(21)26)28-15-33-36-38(37(28)44)46-40(59-20-41-10-3-11-48(41)17-22(42)16-41)47-39(36)49-18-23-5-8-30(45-23)32(49)19-58-33/h1,4,6-7,9,12-15,22-23,30,32,45H,3,5,8,10-11,16-20H2/t22-,23-,30+,32-,41+/m1/s1. The Morgan fingerprint density at radius 1 is 1.03 bits per heavy atom. The van der Waals surface area contributed by atoms with Gasteiger partial charge in [0.2, 0.25) is 0 Å². The largest absolute Gasteiger partial charge is 0.491 e. The Kier molecular flexibility index (Phi) is 9.01. The third kappa shape index (κ3) is 6.32. The lowest BCUT2D eigenvalue weighted by Crippen LogP contribution is -2.60. The molecule has 5 aliphatic heterocycles. The molecule has 0 spiro atoms. The first-order chi connectivity index (χ1) is 29.2. The van der Waals surface area contributed by atoms with Crippen molar-refractivity contribution in [3.63, 3.8) is 0 Å². The number of benzene rings is 4. The predicted octanol–water partition coefficient (Wildman–Crippen LogP) is 5.95. The number of nitro benzene ring substituents is 2. The summed E-state index contributed by atoms with van der Waals surface area (Å²) in [4.78, 5) is 33.8. The number of nitrogens with zero attached hydrogens (tertiary/aromatic N) is 6. The van der Waals surface area contributed by atoms with Crippen molar-refractivity contribution in [2.24, 2.45) is 0 Å². The summed E-state index contributed by atoms with van der Waals surface area (Å²) >= 11 is 0. The van der Waals surface area contributed by atoms with Crippen molar-refractivity contribution < 1.29 is 45.1 Å². The number of piperazine rings is 1. The van der Waals surface area contributed by atoms with Gasteiger partial charge in [-0.15, -0.1) is 6.42 Å². The maximum Gasteiger partial charge on any atom is 0.346 e. The molecule has 5 aliphatic rings. The van der Waals surface area contributed by atoms with E-state index in [9.17, 15) is 33.0 Å². The van der Waals surface area contributed by atoms with Gasteiger partial charge in [0, 0.05) is 48.6 Å². The fourth-order valence-corrected chi connectivity index (χ4v) is 11.0. The van der Waals surface area contributed by atoms with Gasteiger partial charge in [-0.2, -0.15) is 18.4 Å². The first-order valence-corrected chi connectivity index (χ1v) is 21.0. The highest BCUT2D eigenvalue weighted by Crippen LogP contribution is 2.47. The number of anilines is 1. The van der Waals surface area contributed by atoms with Crippen LogP contribution in [0.2, 0.25) is 0 Å². The van der Waals surface area contributed by atoms with Crippen LogP contribution in [0, 0.1) is 44.2 Å². The second kappa shape index (κ2) is 14.1. The van der Waals surface area contributed by atoms with Gasteiger partial charge in [0.25, 0.3) is 11.4 Å². The highest BCUT2D eigenvalue weighted by molar-refractivity contribution is 7.87. The molecule has 314 valence electrons. The summed E-state index contributed by atoms with van der Waals surface area (Å²) in [5, 5.41) is 27.2. The third-order valence-corrected chi connectivity index (χ3v) is 13.9. The van der Waals surface area contributed by atoms with E-state index in [1.54, 1.807) is 0 Å². The molecule has 16 nitrogen and oxygen atoms in total. The van der Waals surface area contributed by atoms with Crippen LogP contribution in [0.1, 0.15) is 37.7 Å². The fourth-order valence-electron chi connectivity index (χ4n) is 9.91. The number of rotatable bonds is 9. The van der Waals surface area contributed by atoms with Crippen LogP contribution in [0.15, 0.2) is 53.4 Å². The Hall–Kier alpha value is -6.30. The summed E-state index contributed by atoms with van der Waals surface area (Å²) in [6.45, 7) is 1.78. The first kappa shape index (κ1) is 38.9. The summed E-state index contributed by atoms with van der Waals surface area (Å²) < 4.78 is 93.5. The SMILES string of the molecule is C#Cc1c(F)ccc2cc(OS(=O)(=O)c3ccc([N+](=O)[O-])cc3[N+](=O)[O-])cc(-c3cc4c5c(nc(OC[C@@]67CCCN6C[C@H](F)C7)nc5c3F)N3C[C@H]5CC[C@H](N5)[C@H]3CO4)c12. The maximum atomic E-state index is 17.7. The van der Waals surface area contributed by atoms with Crippen LogP contribution < -0.4 is 23.9 Å². The minimum Gasteiger partial charge on any atom is -0.491 e. The minimum atomic E-state index is -5.10. The molecule has 1 aromatic heterocycles. The number of alkyl halides is 1. The number of hydrogen-bond donors (Lipinski definition) is 1. The van der Waals surface area contributed by atoms with E-state index >= 15 is 8.78 Å². The molecule has 4 fully saturated rings. The van der Waals surface area contributed by atoms with Crippen LogP contribution in [0.5, 0.6) is 17.5 Å². The molecule has 0 radical (unpaired) electrons. The molecule has 10 rings (SSSR count). The highest BCUT2D eigenvalue weighted by atomic mass is 32.2. The van der Waals surface area contributed by atoms with E-state index in [1.807, 2.05) is 0 Å². The van der Waals surface area contributed by atoms with E-state index in [2.05, 4.69) is 26.0 Å². The van der Waals surface area contributed by atoms with Gasteiger partial charge in [-0.05, 0) is 73.5 Å². The number of aromatic nitrogens is 2. The molecule has 0 unspecified atom stereocenters. The summed E-state index contributed by atoms with van der Waals surface area (Å²) in [5.74, 6) is 0.591. The third-order valence-electron chi connectivity index (χ3n) is 12.6. The van der Waals surface area contributed by atoms with Crippen LogP contribution in [0.25, 0.3) is 32.8 Å². The van der Waals surface area contributed by atoms with E-state index in [0.29, 0.717) is 37.5 Å². The van der Waals surface area contributed by atoms with Crippen molar-refractivity contribution in [2.75, 3.05) is 37.7 Å². The van der Waals surface area contributed by atoms with Crippen LogP contribution in [0.3, 0.4) is 0 Å². The highest BCUT2D eigenvalue weighted by Gasteiger charge is 2.50. The van der Waals surface area contributed by atoms with Gasteiger partial charge >= 0.3 is 16.1 Å². The molecular weight excluding hydrogens is 824 g/mol. The number of nitro groups is 2. The summed E-state index contributed by atoms with van der Waals surface area (Å²) in [7, 11) is -5.10. The smallest absolute Gasteiger partial charge is 0.346 e. The second-order valence-corrected chi connectivity index (χ2v) is 17.6. The van der Waals surface area contributed by atoms with Crippen molar-refractivity contribution in [2.45, 2.75) is 66.8 Å². The van der Waals surface area contributed by atoms with Crippen molar-refractivity contribution in [1.82, 2.24) is 20.2 Å². The van der Waals surface area contributed by atoms with Gasteiger partial charge in [-0.25, -0.2) is 13.2 Å². The number of halogens is 3. The number of non-ortho nitro benzene ring substituents is 1. The van der Waals surface area contributed by atoms with Crippen LogP contribution in [-0.4, -0.2) is 95.8 Å². The quantitative estimate of drug-likeness (QED) is 0.0791. The minimum absolute atomic E-state index is 0.000228. The lowest BCUT2D eigenvalue weighted by Gasteiger charge is -2.40. The Labute approximate surface area is 345 Å². The average Bonchev–Trinajstić information content (AvgIpc) is 3.87.